The normalized spacial score (nSPS) is 24.6. The Hall–Kier alpha value is -0.770. The molecule has 1 saturated heterocycles. The Labute approximate surface area is 107 Å². The third-order valence-electron chi connectivity index (χ3n) is 3.03. The molecule has 0 radical (unpaired) electrons. The lowest BCUT2D eigenvalue weighted by Crippen LogP contribution is -2.49. The van der Waals surface area contributed by atoms with Crippen LogP contribution in [0.3, 0.4) is 0 Å². The van der Waals surface area contributed by atoms with Crippen molar-refractivity contribution in [3.8, 4) is 5.75 Å². The Morgan fingerprint density at radius 2 is 2.35 bits per heavy atom. The summed E-state index contributed by atoms with van der Waals surface area (Å²) in [5.41, 5.74) is 0.323. The van der Waals surface area contributed by atoms with E-state index >= 15 is 0 Å². The topological polar surface area (TPSA) is 41.5 Å². The lowest BCUT2D eigenvalue weighted by molar-refractivity contribution is -0.0230. The van der Waals surface area contributed by atoms with Gasteiger partial charge >= 0.3 is 0 Å². The molecule has 1 fully saturated rings. The SMILES string of the molecule is Cc1ccc(Cl)c(OC[C@]2(O)CCCNC2)c1. The summed E-state index contributed by atoms with van der Waals surface area (Å²) in [7, 11) is 0. The highest BCUT2D eigenvalue weighted by molar-refractivity contribution is 6.32. The molecule has 4 heteroatoms. The molecule has 0 amide bonds. The average molecular weight is 256 g/mol. The van der Waals surface area contributed by atoms with E-state index in [1.54, 1.807) is 0 Å². The van der Waals surface area contributed by atoms with Gasteiger partial charge < -0.3 is 15.2 Å². The minimum Gasteiger partial charge on any atom is -0.489 e. The van der Waals surface area contributed by atoms with Gasteiger partial charge in [0.2, 0.25) is 0 Å². The summed E-state index contributed by atoms with van der Waals surface area (Å²) in [6.07, 6.45) is 1.74. The standard InChI is InChI=1S/C13H18ClNO2/c1-10-3-4-11(14)12(7-10)17-9-13(16)5-2-6-15-8-13/h3-4,7,15-16H,2,5-6,8-9H2,1H3/t13-/m0/s1. The highest BCUT2D eigenvalue weighted by Crippen LogP contribution is 2.27. The van der Waals surface area contributed by atoms with Crippen molar-refractivity contribution in [3.05, 3.63) is 28.8 Å². The van der Waals surface area contributed by atoms with E-state index in [2.05, 4.69) is 5.32 Å². The molecule has 1 aliphatic heterocycles. The second-order valence-corrected chi connectivity index (χ2v) is 5.13. The van der Waals surface area contributed by atoms with Gasteiger partial charge in [0.15, 0.2) is 0 Å². The molecule has 1 atom stereocenters. The molecule has 0 saturated carbocycles. The second kappa shape index (κ2) is 5.25. The molecule has 0 aromatic heterocycles. The van der Waals surface area contributed by atoms with Gasteiger partial charge in [0.05, 0.1) is 5.02 Å². The van der Waals surface area contributed by atoms with Crippen molar-refractivity contribution in [2.45, 2.75) is 25.4 Å². The Kier molecular flexibility index (Phi) is 3.92. The molecule has 1 aromatic rings. The van der Waals surface area contributed by atoms with Crippen LogP contribution in [0.15, 0.2) is 18.2 Å². The van der Waals surface area contributed by atoms with Crippen LogP contribution in [-0.4, -0.2) is 30.4 Å². The van der Waals surface area contributed by atoms with Crippen molar-refractivity contribution in [3.63, 3.8) is 0 Å². The van der Waals surface area contributed by atoms with E-state index in [-0.39, 0.29) is 6.61 Å². The van der Waals surface area contributed by atoms with Gasteiger partial charge in [-0.3, -0.25) is 0 Å². The molecule has 3 nitrogen and oxygen atoms in total. The molecule has 0 aliphatic carbocycles. The number of benzene rings is 1. The van der Waals surface area contributed by atoms with E-state index in [9.17, 15) is 5.11 Å². The number of β-amino-alcohol motifs (C(OH)–C–C–N with tert-alkyl or cyclic N) is 1. The van der Waals surface area contributed by atoms with Crippen molar-refractivity contribution in [1.82, 2.24) is 5.32 Å². The van der Waals surface area contributed by atoms with E-state index in [1.807, 2.05) is 25.1 Å². The van der Waals surface area contributed by atoms with Crippen LogP contribution < -0.4 is 10.1 Å². The molecule has 1 heterocycles. The van der Waals surface area contributed by atoms with Crippen LogP contribution in [0.4, 0.5) is 0 Å². The number of hydrogen-bond acceptors (Lipinski definition) is 3. The van der Waals surface area contributed by atoms with Gasteiger partial charge in [0.25, 0.3) is 0 Å². The van der Waals surface area contributed by atoms with Gasteiger partial charge in [-0.2, -0.15) is 0 Å². The van der Waals surface area contributed by atoms with Crippen molar-refractivity contribution >= 4 is 11.6 Å². The monoisotopic (exact) mass is 255 g/mol. The molecule has 94 valence electrons. The molecule has 2 rings (SSSR count). The molecule has 0 bridgehead atoms. The fourth-order valence-electron chi connectivity index (χ4n) is 2.01. The van der Waals surface area contributed by atoms with Gasteiger partial charge in [0.1, 0.15) is 18.0 Å². The van der Waals surface area contributed by atoms with Crippen LogP contribution in [0.1, 0.15) is 18.4 Å². The van der Waals surface area contributed by atoms with Crippen LogP contribution in [0.25, 0.3) is 0 Å². The van der Waals surface area contributed by atoms with Gasteiger partial charge in [-0.1, -0.05) is 17.7 Å². The molecule has 17 heavy (non-hydrogen) atoms. The number of rotatable bonds is 3. The van der Waals surface area contributed by atoms with Gasteiger partial charge in [-0.25, -0.2) is 0 Å². The van der Waals surface area contributed by atoms with Gasteiger partial charge in [0, 0.05) is 6.54 Å². The van der Waals surface area contributed by atoms with E-state index < -0.39 is 5.60 Å². The zero-order valence-electron chi connectivity index (χ0n) is 10.0. The quantitative estimate of drug-likeness (QED) is 0.870. The summed E-state index contributed by atoms with van der Waals surface area (Å²) in [6.45, 7) is 3.81. The Morgan fingerprint density at radius 3 is 3.06 bits per heavy atom. The Bertz CT molecular complexity index is 389. The molecule has 0 spiro atoms. The first-order chi connectivity index (χ1) is 8.09. The second-order valence-electron chi connectivity index (χ2n) is 4.73. The number of aliphatic hydroxyl groups is 1. The molecular weight excluding hydrogens is 238 g/mol. The van der Waals surface area contributed by atoms with E-state index in [0.29, 0.717) is 17.3 Å². The van der Waals surface area contributed by atoms with Crippen molar-refractivity contribution in [1.29, 1.82) is 0 Å². The number of aryl methyl sites for hydroxylation is 1. The average Bonchev–Trinajstić information content (AvgIpc) is 2.31. The molecule has 0 unspecified atom stereocenters. The minimum absolute atomic E-state index is 0.281. The molecule has 1 aromatic carbocycles. The van der Waals surface area contributed by atoms with Crippen LogP contribution in [-0.2, 0) is 0 Å². The largest absolute Gasteiger partial charge is 0.489 e. The summed E-state index contributed by atoms with van der Waals surface area (Å²) in [4.78, 5) is 0. The number of ether oxygens (including phenoxy) is 1. The molecule has 2 N–H and O–H groups in total. The fraction of sp³-hybridized carbons (Fsp3) is 0.538. The predicted molar refractivity (Wildman–Crippen MR) is 68.7 cm³/mol. The number of piperidine rings is 1. The Balaban J connectivity index is 1.99. The smallest absolute Gasteiger partial charge is 0.138 e. The summed E-state index contributed by atoms with van der Waals surface area (Å²) >= 11 is 6.04. The van der Waals surface area contributed by atoms with Gasteiger partial charge in [-0.05, 0) is 44.0 Å². The highest BCUT2D eigenvalue weighted by Gasteiger charge is 2.30. The van der Waals surface area contributed by atoms with Crippen LogP contribution in [0.2, 0.25) is 5.02 Å². The third-order valence-corrected chi connectivity index (χ3v) is 3.35. The van der Waals surface area contributed by atoms with Crippen molar-refractivity contribution < 1.29 is 9.84 Å². The Morgan fingerprint density at radius 1 is 1.53 bits per heavy atom. The van der Waals surface area contributed by atoms with Crippen molar-refractivity contribution in [2.24, 2.45) is 0 Å². The maximum absolute atomic E-state index is 10.3. The summed E-state index contributed by atoms with van der Waals surface area (Å²) in [5, 5.41) is 14.0. The number of hydrogen-bond donors (Lipinski definition) is 2. The number of nitrogens with one attached hydrogen (secondary N) is 1. The lowest BCUT2D eigenvalue weighted by atomic mass is 9.95. The summed E-state index contributed by atoms with van der Waals surface area (Å²) < 4.78 is 5.64. The maximum Gasteiger partial charge on any atom is 0.138 e. The maximum atomic E-state index is 10.3. The summed E-state index contributed by atoms with van der Waals surface area (Å²) in [5.74, 6) is 0.644. The fourth-order valence-corrected chi connectivity index (χ4v) is 2.18. The van der Waals surface area contributed by atoms with Crippen LogP contribution in [0, 0.1) is 6.92 Å². The molecule has 1 aliphatic rings. The number of halogens is 1. The van der Waals surface area contributed by atoms with Crippen LogP contribution in [0.5, 0.6) is 5.75 Å². The zero-order valence-corrected chi connectivity index (χ0v) is 10.8. The van der Waals surface area contributed by atoms with E-state index in [1.165, 1.54) is 0 Å². The first-order valence-electron chi connectivity index (χ1n) is 5.91. The van der Waals surface area contributed by atoms with Crippen molar-refractivity contribution in [2.75, 3.05) is 19.7 Å². The predicted octanol–water partition coefficient (Wildman–Crippen LogP) is 2.14. The minimum atomic E-state index is -0.772. The molecular formula is C13H18ClNO2. The lowest BCUT2D eigenvalue weighted by Gasteiger charge is -2.32. The van der Waals surface area contributed by atoms with E-state index in [4.69, 9.17) is 16.3 Å². The first-order valence-corrected chi connectivity index (χ1v) is 6.29. The zero-order chi connectivity index (χ0) is 12.3. The van der Waals surface area contributed by atoms with Crippen LogP contribution >= 0.6 is 11.6 Å². The third kappa shape index (κ3) is 3.35. The highest BCUT2D eigenvalue weighted by atomic mass is 35.5. The van der Waals surface area contributed by atoms with E-state index in [0.717, 1.165) is 24.9 Å². The first kappa shape index (κ1) is 12.7. The summed E-state index contributed by atoms with van der Waals surface area (Å²) in [6, 6.07) is 5.64. The van der Waals surface area contributed by atoms with Gasteiger partial charge in [-0.15, -0.1) is 0 Å².